The molecule has 0 saturated heterocycles. The van der Waals surface area contributed by atoms with Gasteiger partial charge in [0.1, 0.15) is 11.3 Å². The largest absolute Gasteiger partial charge is 0.352 e. The van der Waals surface area contributed by atoms with Crippen LogP contribution in [-0.2, 0) is 11.3 Å². The molecule has 0 radical (unpaired) electrons. The van der Waals surface area contributed by atoms with E-state index in [9.17, 15) is 9.59 Å². The van der Waals surface area contributed by atoms with Crippen LogP contribution in [0.1, 0.15) is 47.4 Å². The molecule has 0 aliphatic carbocycles. The highest BCUT2D eigenvalue weighted by Gasteiger charge is 2.15. The van der Waals surface area contributed by atoms with Crippen molar-refractivity contribution in [1.82, 2.24) is 25.0 Å². The molecule has 3 aromatic rings. The van der Waals surface area contributed by atoms with Crippen LogP contribution in [0, 0.1) is 6.92 Å². The fourth-order valence-electron chi connectivity index (χ4n) is 3.05. The number of fused-ring (bicyclic) bond motifs is 1. The number of carbonyl (C=O) groups excluding carboxylic acids is 2. The van der Waals surface area contributed by atoms with Crippen molar-refractivity contribution >= 4 is 17.5 Å². The van der Waals surface area contributed by atoms with E-state index in [0.717, 1.165) is 30.5 Å². The maximum atomic E-state index is 12.5. The fraction of sp³-hybridized carbons (Fsp3) is 0.333. The lowest BCUT2D eigenvalue weighted by atomic mass is 10.2. The standard InChI is InChI=1S/C21H25N5O2/c1-16-20(26-13-6-4-9-18(26)25-16)21(28)23-12-5-2-3-10-19(27)24-15-17-8-7-11-22-14-17/h4,6-9,11,13-14H,2-3,5,10,12,15H2,1H3,(H,23,28)(H,24,27). The molecule has 2 N–H and O–H groups in total. The Balaban J connectivity index is 1.33. The number of aromatic nitrogens is 3. The van der Waals surface area contributed by atoms with E-state index in [0.29, 0.717) is 30.9 Å². The third-order valence-electron chi connectivity index (χ3n) is 4.50. The number of amides is 2. The van der Waals surface area contributed by atoms with Gasteiger partial charge in [-0.25, -0.2) is 4.98 Å². The van der Waals surface area contributed by atoms with Crippen LogP contribution in [0.4, 0.5) is 0 Å². The predicted molar refractivity (Wildman–Crippen MR) is 107 cm³/mol. The van der Waals surface area contributed by atoms with Gasteiger partial charge >= 0.3 is 0 Å². The van der Waals surface area contributed by atoms with Gasteiger partial charge in [-0.05, 0) is 43.5 Å². The van der Waals surface area contributed by atoms with E-state index in [1.807, 2.05) is 43.5 Å². The number of pyridine rings is 2. The van der Waals surface area contributed by atoms with Gasteiger partial charge in [-0.1, -0.05) is 18.6 Å². The number of hydrogen-bond acceptors (Lipinski definition) is 4. The molecule has 0 bridgehead atoms. The molecule has 2 amide bonds. The van der Waals surface area contributed by atoms with Gasteiger partial charge in [-0.3, -0.25) is 19.0 Å². The SMILES string of the molecule is Cc1nc2ccccn2c1C(=O)NCCCCCC(=O)NCc1cccnc1. The second-order valence-electron chi connectivity index (χ2n) is 6.68. The zero-order chi connectivity index (χ0) is 19.8. The zero-order valence-corrected chi connectivity index (χ0v) is 16.0. The predicted octanol–water partition coefficient (Wildman–Crippen LogP) is 2.64. The summed E-state index contributed by atoms with van der Waals surface area (Å²) < 4.78 is 1.80. The number of imidazole rings is 1. The molecule has 3 aromatic heterocycles. The van der Waals surface area contributed by atoms with Crippen LogP contribution in [0.5, 0.6) is 0 Å². The van der Waals surface area contributed by atoms with E-state index in [1.165, 1.54) is 0 Å². The Labute approximate surface area is 164 Å². The molecule has 7 heteroatoms. The van der Waals surface area contributed by atoms with Crippen molar-refractivity contribution in [2.45, 2.75) is 39.2 Å². The first-order valence-corrected chi connectivity index (χ1v) is 9.52. The van der Waals surface area contributed by atoms with Crippen molar-refractivity contribution in [3.05, 3.63) is 65.9 Å². The molecule has 0 aliphatic rings. The molecular formula is C21H25N5O2. The molecule has 28 heavy (non-hydrogen) atoms. The first-order valence-electron chi connectivity index (χ1n) is 9.52. The summed E-state index contributed by atoms with van der Waals surface area (Å²) in [5, 5.41) is 5.84. The molecule has 0 aliphatic heterocycles. The highest BCUT2D eigenvalue weighted by atomic mass is 16.2. The van der Waals surface area contributed by atoms with Crippen molar-refractivity contribution in [2.75, 3.05) is 6.54 Å². The lowest BCUT2D eigenvalue weighted by Gasteiger charge is -2.07. The van der Waals surface area contributed by atoms with E-state index in [4.69, 9.17) is 0 Å². The molecule has 3 rings (SSSR count). The lowest BCUT2D eigenvalue weighted by molar-refractivity contribution is -0.121. The third kappa shape index (κ3) is 5.16. The molecular weight excluding hydrogens is 354 g/mol. The van der Waals surface area contributed by atoms with E-state index < -0.39 is 0 Å². The zero-order valence-electron chi connectivity index (χ0n) is 16.0. The van der Waals surface area contributed by atoms with Gasteiger partial charge in [0.25, 0.3) is 5.91 Å². The van der Waals surface area contributed by atoms with Crippen LogP contribution >= 0.6 is 0 Å². The first kappa shape index (κ1) is 19.5. The number of hydrogen-bond donors (Lipinski definition) is 2. The van der Waals surface area contributed by atoms with E-state index in [-0.39, 0.29) is 11.8 Å². The lowest BCUT2D eigenvalue weighted by Crippen LogP contribution is -2.26. The molecule has 3 heterocycles. The Morgan fingerprint density at radius 1 is 1.07 bits per heavy atom. The van der Waals surface area contributed by atoms with Crippen molar-refractivity contribution in [2.24, 2.45) is 0 Å². The van der Waals surface area contributed by atoms with Gasteiger partial charge in [-0.2, -0.15) is 0 Å². The van der Waals surface area contributed by atoms with Crippen molar-refractivity contribution in [3.63, 3.8) is 0 Å². The summed E-state index contributed by atoms with van der Waals surface area (Å²) in [5.41, 5.74) is 3.04. The maximum Gasteiger partial charge on any atom is 0.270 e. The Morgan fingerprint density at radius 2 is 1.96 bits per heavy atom. The van der Waals surface area contributed by atoms with E-state index >= 15 is 0 Å². The fourth-order valence-corrected chi connectivity index (χ4v) is 3.05. The molecule has 146 valence electrons. The minimum Gasteiger partial charge on any atom is -0.352 e. The number of carbonyl (C=O) groups is 2. The van der Waals surface area contributed by atoms with Crippen LogP contribution in [0.3, 0.4) is 0 Å². The van der Waals surface area contributed by atoms with Crippen molar-refractivity contribution in [3.8, 4) is 0 Å². The van der Waals surface area contributed by atoms with Gasteiger partial charge in [-0.15, -0.1) is 0 Å². The average Bonchev–Trinajstić information content (AvgIpc) is 3.05. The quantitative estimate of drug-likeness (QED) is 0.560. The smallest absolute Gasteiger partial charge is 0.270 e. The average molecular weight is 379 g/mol. The third-order valence-corrected chi connectivity index (χ3v) is 4.50. The summed E-state index contributed by atoms with van der Waals surface area (Å²) in [6.45, 7) is 2.92. The van der Waals surface area contributed by atoms with Crippen LogP contribution in [-0.4, -0.2) is 32.7 Å². The summed E-state index contributed by atoms with van der Waals surface area (Å²) in [5.74, 6) is -0.0837. The summed E-state index contributed by atoms with van der Waals surface area (Å²) in [6.07, 6.45) is 8.29. The Bertz CT molecular complexity index is 936. The van der Waals surface area contributed by atoms with Crippen LogP contribution in [0.15, 0.2) is 48.9 Å². The number of nitrogens with zero attached hydrogens (tertiary/aromatic N) is 3. The van der Waals surface area contributed by atoms with Gasteiger partial charge in [0.05, 0.1) is 5.69 Å². The number of unbranched alkanes of at least 4 members (excludes halogenated alkanes) is 2. The van der Waals surface area contributed by atoms with Gasteiger partial charge < -0.3 is 10.6 Å². The molecule has 7 nitrogen and oxygen atoms in total. The normalized spacial score (nSPS) is 10.8. The van der Waals surface area contributed by atoms with Crippen LogP contribution in [0.2, 0.25) is 0 Å². The minimum atomic E-state index is -0.120. The van der Waals surface area contributed by atoms with Gasteiger partial charge in [0.2, 0.25) is 5.91 Å². The second kappa shape index (κ2) is 9.64. The molecule has 0 spiro atoms. The first-order chi connectivity index (χ1) is 13.6. The summed E-state index contributed by atoms with van der Waals surface area (Å²) >= 11 is 0. The van der Waals surface area contributed by atoms with Crippen LogP contribution < -0.4 is 10.6 Å². The molecule has 0 atom stereocenters. The van der Waals surface area contributed by atoms with E-state index in [1.54, 1.807) is 16.8 Å². The van der Waals surface area contributed by atoms with Crippen LogP contribution in [0.25, 0.3) is 5.65 Å². The highest BCUT2D eigenvalue weighted by molar-refractivity contribution is 5.94. The van der Waals surface area contributed by atoms with Crippen molar-refractivity contribution in [1.29, 1.82) is 0 Å². The molecule has 0 aromatic carbocycles. The topological polar surface area (TPSA) is 88.4 Å². The second-order valence-corrected chi connectivity index (χ2v) is 6.68. The molecule has 0 unspecified atom stereocenters. The number of aryl methyl sites for hydroxylation is 1. The molecule has 0 saturated carbocycles. The van der Waals surface area contributed by atoms with Crippen molar-refractivity contribution < 1.29 is 9.59 Å². The maximum absolute atomic E-state index is 12.5. The summed E-state index contributed by atoms with van der Waals surface area (Å²) in [6, 6.07) is 9.44. The number of rotatable bonds is 9. The molecule has 0 fully saturated rings. The highest BCUT2D eigenvalue weighted by Crippen LogP contribution is 2.11. The minimum absolute atomic E-state index is 0.0363. The Morgan fingerprint density at radius 3 is 2.79 bits per heavy atom. The number of nitrogens with one attached hydrogen (secondary N) is 2. The Hall–Kier alpha value is -3.22. The van der Waals surface area contributed by atoms with Gasteiger partial charge in [0, 0.05) is 38.1 Å². The van der Waals surface area contributed by atoms with Gasteiger partial charge in [0.15, 0.2) is 0 Å². The summed E-state index contributed by atoms with van der Waals surface area (Å²) in [7, 11) is 0. The van der Waals surface area contributed by atoms with E-state index in [2.05, 4.69) is 20.6 Å². The Kier molecular flexibility index (Phi) is 6.73. The monoisotopic (exact) mass is 379 g/mol. The summed E-state index contributed by atoms with van der Waals surface area (Å²) in [4.78, 5) is 32.8.